The normalized spacial score (nSPS) is 10.5. The van der Waals surface area contributed by atoms with Crippen molar-refractivity contribution < 1.29 is 19.1 Å². The predicted molar refractivity (Wildman–Crippen MR) is 98.5 cm³/mol. The van der Waals surface area contributed by atoms with Crippen molar-refractivity contribution in [3.8, 4) is 11.3 Å². The summed E-state index contributed by atoms with van der Waals surface area (Å²) in [5.74, 6) is -0.585. The van der Waals surface area contributed by atoms with E-state index in [4.69, 9.17) is 21.1 Å². The van der Waals surface area contributed by atoms with Crippen LogP contribution in [-0.2, 0) is 6.54 Å². The standard InChI is InChI=1S/C20H16ClNO4/c1-12-2-5-15(10-16(12)21)17-8-9-18(26-17)19(23)22-11-13-3-6-14(7-4-13)20(24)25/h2-10H,11H2,1H3,(H,22,23)(H,24,25). The van der Waals surface area contributed by atoms with E-state index in [-0.39, 0.29) is 23.8 Å². The third-order valence-corrected chi connectivity index (χ3v) is 4.35. The zero-order chi connectivity index (χ0) is 18.7. The molecule has 2 N–H and O–H groups in total. The first-order valence-electron chi connectivity index (χ1n) is 7.91. The molecule has 26 heavy (non-hydrogen) atoms. The van der Waals surface area contributed by atoms with Gasteiger partial charge in [-0.25, -0.2) is 4.79 Å². The minimum absolute atomic E-state index is 0.193. The fraction of sp³-hybridized carbons (Fsp3) is 0.100. The van der Waals surface area contributed by atoms with Gasteiger partial charge in [0.1, 0.15) is 5.76 Å². The number of carboxylic acid groups (broad SMARTS) is 1. The van der Waals surface area contributed by atoms with Crippen LogP contribution in [-0.4, -0.2) is 17.0 Å². The zero-order valence-corrected chi connectivity index (χ0v) is 14.7. The quantitative estimate of drug-likeness (QED) is 0.692. The average Bonchev–Trinajstić information content (AvgIpc) is 3.12. The number of benzene rings is 2. The molecule has 5 nitrogen and oxygen atoms in total. The zero-order valence-electron chi connectivity index (χ0n) is 14.0. The number of hydrogen-bond acceptors (Lipinski definition) is 3. The van der Waals surface area contributed by atoms with E-state index >= 15 is 0 Å². The highest BCUT2D eigenvalue weighted by molar-refractivity contribution is 6.31. The van der Waals surface area contributed by atoms with Crippen LogP contribution in [0.5, 0.6) is 0 Å². The fourth-order valence-electron chi connectivity index (χ4n) is 2.40. The lowest BCUT2D eigenvalue weighted by atomic mass is 10.1. The van der Waals surface area contributed by atoms with Gasteiger partial charge in [0.25, 0.3) is 5.91 Å². The van der Waals surface area contributed by atoms with E-state index in [9.17, 15) is 9.59 Å². The monoisotopic (exact) mass is 369 g/mol. The van der Waals surface area contributed by atoms with Gasteiger partial charge in [-0.1, -0.05) is 35.9 Å². The number of amides is 1. The number of carboxylic acids is 1. The number of carbonyl (C=O) groups excluding carboxylic acids is 1. The Morgan fingerprint density at radius 1 is 1.08 bits per heavy atom. The Hall–Kier alpha value is -3.05. The topological polar surface area (TPSA) is 79.5 Å². The van der Waals surface area contributed by atoms with Gasteiger partial charge in [-0.15, -0.1) is 0 Å². The molecule has 0 spiro atoms. The van der Waals surface area contributed by atoms with Gasteiger partial charge >= 0.3 is 5.97 Å². The van der Waals surface area contributed by atoms with E-state index in [1.54, 1.807) is 30.3 Å². The van der Waals surface area contributed by atoms with Gasteiger partial charge in [0.15, 0.2) is 5.76 Å². The van der Waals surface area contributed by atoms with Crippen LogP contribution in [0, 0.1) is 6.92 Å². The van der Waals surface area contributed by atoms with Crippen molar-refractivity contribution in [2.45, 2.75) is 13.5 Å². The lowest BCUT2D eigenvalue weighted by Gasteiger charge is -2.04. The molecule has 1 amide bonds. The first-order chi connectivity index (χ1) is 12.4. The van der Waals surface area contributed by atoms with E-state index in [1.165, 1.54) is 12.1 Å². The van der Waals surface area contributed by atoms with E-state index in [2.05, 4.69) is 5.32 Å². The molecule has 0 aliphatic carbocycles. The highest BCUT2D eigenvalue weighted by Gasteiger charge is 2.13. The Labute approximate surface area is 155 Å². The van der Waals surface area contributed by atoms with Gasteiger partial charge in [-0.2, -0.15) is 0 Å². The summed E-state index contributed by atoms with van der Waals surface area (Å²) in [4.78, 5) is 23.1. The molecule has 0 bridgehead atoms. The highest BCUT2D eigenvalue weighted by atomic mass is 35.5. The van der Waals surface area contributed by atoms with Crippen molar-refractivity contribution in [1.82, 2.24) is 5.32 Å². The molecule has 6 heteroatoms. The molecule has 0 saturated heterocycles. The molecule has 3 aromatic rings. The van der Waals surface area contributed by atoms with Crippen LogP contribution in [0.3, 0.4) is 0 Å². The average molecular weight is 370 g/mol. The first-order valence-corrected chi connectivity index (χ1v) is 8.28. The van der Waals surface area contributed by atoms with E-state index < -0.39 is 5.97 Å². The largest absolute Gasteiger partial charge is 0.478 e. The summed E-state index contributed by atoms with van der Waals surface area (Å²) in [5, 5.41) is 12.3. The number of halogens is 1. The molecule has 0 atom stereocenters. The molecule has 0 saturated carbocycles. The van der Waals surface area contributed by atoms with E-state index in [0.717, 1.165) is 16.7 Å². The summed E-state index contributed by atoms with van der Waals surface area (Å²) < 4.78 is 5.62. The van der Waals surface area contributed by atoms with E-state index in [1.807, 2.05) is 19.1 Å². The third-order valence-electron chi connectivity index (χ3n) is 3.94. The van der Waals surface area contributed by atoms with E-state index in [0.29, 0.717) is 10.8 Å². The second-order valence-electron chi connectivity index (χ2n) is 5.81. The van der Waals surface area contributed by atoms with Gasteiger partial charge in [0.05, 0.1) is 5.56 Å². The van der Waals surface area contributed by atoms with Gasteiger partial charge in [0.2, 0.25) is 0 Å². The molecule has 132 valence electrons. The maximum Gasteiger partial charge on any atom is 0.335 e. The molecular weight excluding hydrogens is 354 g/mol. The minimum Gasteiger partial charge on any atom is -0.478 e. The van der Waals surface area contributed by atoms with Crippen LogP contribution in [0.4, 0.5) is 0 Å². The van der Waals surface area contributed by atoms with Crippen LogP contribution in [0.25, 0.3) is 11.3 Å². The summed E-state index contributed by atoms with van der Waals surface area (Å²) in [5.41, 5.74) is 2.76. The SMILES string of the molecule is Cc1ccc(-c2ccc(C(=O)NCc3ccc(C(=O)O)cc3)o2)cc1Cl. The second-order valence-corrected chi connectivity index (χ2v) is 6.22. The number of hydrogen-bond donors (Lipinski definition) is 2. The van der Waals surface area contributed by atoms with Gasteiger partial charge in [-0.3, -0.25) is 4.79 Å². The smallest absolute Gasteiger partial charge is 0.335 e. The lowest BCUT2D eigenvalue weighted by Crippen LogP contribution is -2.22. The number of nitrogens with one attached hydrogen (secondary N) is 1. The number of aryl methyl sites for hydroxylation is 1. The van der Waals surface area contributed by atoms with Gasteiger partial charge in [-0.05, 0) is 48.4 Å². The predicted octanol–water partition coefficient (Wildman–Crippen LogP) is 4.54. The molecule has 0 aliphatic heterocycles. The maximum atomic E-state index is 12.2. The Balaban J connectivity index is 1.66. The highest BCUT2D eigenvalue weighted by Crippen LogP contribution is 2.26. The summed E-state index contributed by atoms with van der Waals surface area (Å²) in [7, 11) is 0. The number of aromatic carboxylic acids is 1. The maximum absolute atomic E-state index is 12.2. The Kier molecular flexibility index (Phi) is 5.09. The van der Waals surface area contributed by atoms with Gasteiger partial charge < -0.3 is 14.8 Å². The Bertz CT molecular complexity index is 960. The molecule has 1 heterocycles. The molecule has 2 aromatic carbocycles. The van der Waals surface area contributed by atoms with Crippen molar-refractivity contribution in [2.24, 2.45) is 0 Å². The van der Waals surface area contributed by atoms with Crippen LogP contribution in [0.15, 0.2) is 59.0 Å². The third kappa shape index (κ3) is 3.95. The summed E-state index contributed by atoms with van der Waals surface area (Å²) in [6.45, 7) is 2.18. The van der Waals surface area contributed by atoms with Gasteiger partial charge in [0, 0.05) is 17.1 Å². The second kappa shape index (κ2) is 7.45. The summed E-state index contributed by atoms with van der Waals surface area (Å²) in [6.07, 6.45) is 0. The van der Waals surface area contributed by atoms with Crippen LogP contribution in [0.1, 0.15) is 32.0 Å². The Morgan fingerprint density at radius 2 is 1.81 bits per heavy atom. The molecular formula is C20H16ClNO4. The molecule has 1 aromatic heterocycles. The van der Waals surface area contributed by atoms with Crippen molar-refractivity contribution in [1.29, 1.82) is 0 Å². The molecule has 0 fully saturated rings. The number of carbonyl (C=O) groups is 2. The number of rotatable bonds is 5. The molecule has 0 aliphatic rings. The van der Waals surface area contributed by atoms with Crippen molar-refractivity contribution in [3.05, 3.63) is 82.1 Å². The molecule has 3 rings (SSSR count). The van der Waals surface area contributed by atoms with Crippen molar-refractivity contribution in [3.63, 3.8) is 0 Å². The first kappa shape index (κ1) is 17.8. The molecule has 0 radical (unpaired) electrons. The van der Waals surface area contributed by atoms with Crippen LogP contribution < -0.4 is 5.32 Å². The molecule has 0 unspecified atom stereocenters. The summed E-state index contributed by atoms with van der Waals surface area (Å²) in [6, 6.07) is 15.2. The lowest BCUT2D eigenvalue weighted by molar-refractivity contribution is 0.0696. The Morgan fingerprint density at radius 3 is 2.46 bits per heavy atom. The van der Waals surface area contributed by atoms with Crippen LogP contribution >= 0.6 is 11.6 Å². The van der Waals surface area contributed by atoms with Crippen molar-refractivity contribution in [2.75, 3.05) is 0 Å². The minimum atomic E-state index is -0.986. The van der Waals surface area contributed by atoms with Crippen molar-refractivity contribution >= 4 is 23.5 Å². The number of furan rings is 1. The van der Waals surface area contributed by atoms with Crippen LogP contribution in [0.2, 0.25) is 5.02 Å². The summed E-state index contributed by atoms with van der Waals surface area (Å²) >= 11 is 6.12. The fourth-order valence-corrected chi connectivity index (χ4v) is 2.58.